The highest BCUT2D eigenvalue weighted by atomic mass is 32.2. The molecule has 5 nitrogen and oxygen atoms in total. The lowest BCUT2D eigenvalue weighted by Gasteiger charge is -2.07. The van der Waals surface area contributed by atoms with E-state index in [1.807, 2.05) is 0 Å². The maximum atomic E-state index is 11.9. The molecule has 102 valence electrons. The molecule has 1 aromatic carbocycles. The van der Waals surface area contributed by atoms with E-state index in [1.165, 1.54) is 18.2 Å². The lowest BCUT2D eigenvalue weighted by atomic mass is 10.1. The van der Waals surface area contributed by atoms with Gasteiger partial charge in [-0.2, -0.15) is 0 Å². The third-order valence-electron chi connectivity index (χ3n) is 2.63. The van der Waals surface area contributed by atoms with Crippen LogP contribution >= 0.6 is 11.8 Å². The van der Waals surface area contributed by atoms with E-state index in [0.29, 0.717) is 10.5 Å². The summed E-state index contributed by atoms with van der Waals surface area (Å²) in [5.74, 6) is -1.63. The zero-order valence-electron chi connectivity index (χ0n) is 10.4. The normalized spacial score (nSPS) is 16.8. The summed E-state index contributed by atoms with van der Waals surface area (Å²) in [4.78, 5) is 35.6. The van der Waals surface area contributed by atoms with Gasteiger partial charge in [0.05, 0.1) is 10.9 Å². The first kappa shape index (κ1) is 14.1. The monoisotopic (exact) mass is 288 g/mol. The summed E-state index contributed by atoms with van der Waals surface area (Å²) in [5.41, 5.74) is 0.695. The summed E-state index contributed by atoms with van der Waals surface area (Å²) in [6.07, 6.45) is 3.03. The molecular weight excluding hydrogens is 278 g/mol. The molecule has 0 aliphatic carbocycles. The molecule has 0 radical (unpaired) electrons. The van der Waals surface area contributed by atoms with Gasteiger partial charge in [0.15, 0.2) is 0 Å². The molecule has 1 aromatic rings. The van der Waals surface area contributed by atoms with Crippen LogP contribution in [-0.4, -0.2) is 28.6 Å². The van der Waals surface area contributed by atoms with Gasteiger partial charge in [-0.3, -0.25) is 14.5 Å². The van der Waals surface area contributed by atoms with Gasteiger partial charge in [0.1, 0.15) is 0 Å². The number of aromatic carboxylic acids is 1. The number of hydrogen-bond acceptors (Lipinski definition) is 5. The number of nitrogens with zero attached hydrogens (tertiary/aromatic N) is 1. The quantitative estimate of drug-likeness (QED) is 0.616. The number of carbonyl (C=O) groups is 3. The van der Waals surface area contributed by atoms with Gasteiger partial charge in [-0.05, 0) is 29.0 Å². The van der Waals surface area contributed by atoms with E-state index in [4.69, 9.17) is 0 Å². The third kappa shape index (κ3) is 2.80. The Labute approximate surface area is 119 Å². The predicted octanol–water partition coefficient (Wildman–Crippen LogP) is 1.27. The second-order valence-corrected chi connectivity index (χ2v) is 4.98. The maximum absolute atomic E-state index is 11.9. The van der Waals surface area contributed by atoms with Gasteiger partial charge < -0.3 is 9.90 Å². The van der Waals surface area contributed by atoms with Crippen LogP contribution in [0.2, 0.25) is 0 Å². The lowest BCUT2D eigenvalue weighted by molar-refractivity contribution is -0.255. The van der Waals surface area contributed by atoms with E-state index >= 15 is 0 Å². The molecule has 0 bridgehead atoms. The van der Waals surface area contributed by atoms with Crippen molar-refractivity contribution in [2.24, 2.45) is 0 Å². The minimum atomic E-state index is -1.26. The predicted molar refractivity (Wildman–Crippen MR) is 73.6 cm³/mol. The molecule has 1 fully saturated rings. The highest BCUT2D eigenvalue weighted by molar-refractivity contribution is 8.18. The van der Waals surface area contributed by atoms with Gasteiger partial charge in [-0.1, -0.05) is 30.3 Å². The fourth-order valence-corrected chi connectivity index (χ4v) is 2.50. The number of benzene rings is 1. The first-order valence-electron chi connectivity index (χ1n) is 5.70. The van der Waals surface area contributed by atoms with Crippen molar-refractivity contribution in [3.63, 3.8) is 0 Å². The van der Waals surface area contributed by atoms with Crippen molar-refractivity contribution in [2.45, 2.75) is 0 Å². The van der Waals surface area contributed by atoms with Gasteiger partial charge in [-0.25, -0.2) is 0 Å². The van der Waals surface area contributed by atoms with Crippen LogP contribution < -0.4 is 5.11 Å². The van der Waals surface area contributed by atoms with Crippen LogP contribution in [0.1, 0.15) is 15.9 Å². The van der Waals surface area contributed by atoms with Gasteiger partial charge in [-0.15, -0.1) is 6.58 Å². The average molecular weight is 288 g/mol. The highest BCUT2D eigenvalue weighted by Gasteiger charge is 2.33. The second-order valence-electron chi connectivity index (χ2n) is 3.99. The Hall–Kier alpha value is -2.34. The molecular formula is C14H10NO4S-. The summed E-state index contributed by atoms with van der Waals surface area (Å²) in [6, 6.07) is 5.86. The maximum Gasteiger partial charge on any atom is 0.293 e. The van der Waals surface area contributed by atoms with E-state index in [1.54, 1.807) is 18.2 Å². The summed E-state index contributed by atoms with van der Waals surface area (Å²) in [5, 5.41) is 10.3. The summed E-state index contributed by atoms with van der Waals surface area (Å²) >= 11 is 0.849. The molecule has 1 saturated heterocycles. The first-order valence-corrected chi connectivity index (χ1v) is 6.52. The van der Waals surface area contributed by atoms with Crippen LogP contribution in [0.5, 0.6) is 0 Å². The van der Waals surface area contributed by atoms with Crippen LogP contribution in [0.15, 0.2) is 41.8 Å². The minimum Gasteiger partial charge on any atom is -0.545 e. The Bertz CT molecular complexity index is 619. The summed E-state index contributed by atoms with van der Waals surface area (Å²) < 4.78 is 0. The van der Waals surface area contributed by atoms with Crippen molar-refractivity contribution >= 4 is 35.0 Å². The van der Waals surface area contributed by atoms with E-state index < -0.39 is 5.97 Å². The standard InChI is InChI=1S/C14H11NO4S/c1-2-7-15-12(16)11(20-14(15)19)8-9-3-5-10(6-4-9)13(17)18/h2-6,8H,1,7H2,(H,17,18)/p-1/b11-8-. The molecule has 0 aromatic heterocycles. The highest BCUT2D eigenvalue weighted by Crippen LogP contribution is 2.31. The molecule has 2 rings (SSSR count). The largest absolute Gasteiger partial charge is 0.545 e. The van der Waals surface area contributed by atoms with Crippen molar-refractivity contribution in [3.05, 3.63) is 53.0 Å². The average Bonchev–Trinajstić information content (AvgIpc) is 2.67. The van der Waals surface area contributed by atoms with E-state index in [0.717, 1.165) is 16.7 Å². The Morgan fingerprint density at radius 1 is 1.30 bits per heavy atom. The van der Waals surface area contributed by atoms with Gasteiger partial charge in [0, 0.05) is 6.54 Å². The molecule has 1 aliphatic heterocycles. The van der Waals surface area contributed by atoms with Gasteiger partial charge in [0.25, 0.3) is 11.1 Å². The molecule has 0 N–H and O–H groups in total. The smallest absolute Gasteiger partial charge is 0.293 e. The first-order chi connectivity index (χ1) is 9.52. The third-order valence-corrected chi connectivity index (χ3v) is 3.54. The molecule has 1 aliphatic rings. The Kier molecular flexibility index (Phi) is 4.05. The molecule has 0 unspecified atom stereocenters. The molecule has 6 heteroatoms. The number of carboxylic acid groups (broad SMARTS) is 1. The van der Waals surface area contributed by atoms with Crippen molar-refractivity contribution in [1.82, 2.24) is 4.90 Å². The Morgan fingerprint density at radius 2 is 1.95 bits per heavy atom. The van der Waals surface area contributed by atoms with Crippen molar-refractivity contribution in [3.8, 4) is 0 Å². The summed E-state index contributed by atoms with van der Waals surface area (Å²) in [7, 11) is 0. The van der Waals surface area contributed by atoms with Crippen LogP contribution in [-0.2, 0) is 4.79 Å². The van der Waals surface area contributed by atoms with Crippen molar-refractivity contribution < 1.29 is 19.5 Å². The number of hydrogen-bond donors (Lipinski definition) is 0. The lowest BCUT2D eigenvalue weighted by Crippen LogP contribution is -2.27. The molecule has 1 heterocycles. The number of carbonyl (C=O) groups excluding carboxylic acids is 3. The number of carboxylic acids is 1. The van der Waals surface area contributed by atoms with Crippen molar-refractivity contribution in [2.75, 3.05) is 6.54 Å². The van der Waals surface area contributed by atoms with E-state index in [9.17, 15) is 19.5 Å². The van der Waals surface area contributed by atoms with Gasteiger partial charge >= 0.3 is 0 Å². The fraction of sp³-hybridized carbons (Fsp3) is 0.0714. The SMILES string of the molecule is C=CCN1C(=O)S/C(=C\c2ccc(C(=O)[O-])cc2)C1=O. The number of rotatable bonds is 4. The Morgan fingerprint density at radius 3 is 2.50 bits per heavy atom. The molecule has 20 heavy (non-hydrogen) atoms. The molecule has 2 amide bonds. The van der Waals surface area contributed by atoms with Crippen LogP contribution in [0, 0.1) is 0 Å². The number of imide groups is 1. The second kappa shape index (κ2) is 5.75. The van der Waals surface area contributed by atoms with E-state index in [-0.39, 0.29) is 23.3 Å². The van der Waals surface area contributed by atoms with Crippen LogP contribution in [0.25, 0.3) is 6.08 Å². The van der Waals surface area contributed by atoms with Crippen LogP contribution in [0.4, 0.5) is 4.79 Å². The van der Waals surface area contributed by atoms with E-state index in [2.05, 4.69) is 6.58 Å². The van der Waals surface area contributed by atoms with Crippen LogP contribution in [0.3, 0.4) is 0 Å². The number of amides is 2. The zero-order chi connectivity index (χ0) is 14.7. The van der Waals surface area contributed by atoms with Crippen molar-refractivity contribution in [1.29, 1.82) is 0 Å². The molecule has 0 spiro atoms. The number of thioether (sulfide) groups is 1. The minimum absolute atomic E-state index is 0.0573. The molecule has 0 saturated carbocycles. The molecule has 0 atom stereocenters. The summed E-state index contributed by atoms with van der Waals surface area (Å²) in [6.45, 7) is 3.66. The zero-order valence-corrected chi connectivity index (χ0v) is 11.2. The fourth-order valence-electron chi connectivity index (χ4n) is 1.65. The van der Waals surface area contributed by atoms with Gasteiger partial charge in [0.2, 0.25) is 0 Å². The topological polar surface area (TPSA) is 77.5 Å². The Balaban J connectivity index is 2.23.